The molecule has 1 heterocycles. The molecule has 27 heavy (non-hydrogen) atoms. The van der Waals surface area contributed by atoms with Crippen molar-refractivity contribution in [1.82, 2.24) is 5.32 Å². The fraction of sp³-hybridized carbons (Fsp3) is 0.333. The molecule has 6 heteroatoms. The second kappa shape index (κ2) is 8.58. The number of nitrogens with one attached hydrogen (secondary N) is 1. The highest BCUT2D eigenvalue weighted by Gasteiger charge is 2.30. The fourth-order valence-corrected chi connectivity index (χ4v) is 3.26. The van der Waals surface area contributed by atoms with Gasteiger partial charge in [0.1, 0.15) is 12.6 Å². The minimum absolute atomic E-state index is 0.0448. The quantitative estimate of drug-likeness (QED) is 0.774. The number of benzene rings is 2. The van der Waals surface area contributed by atoms with Crippen LogP contribution in [0.1, 0.15) is 23.5 Å². The van der Waals surface area contributed by atoms with Crippen molar-refractivity contribution in [1.29, 1.82) is 0 Å². The van der Waals surface area contributed by atoms with Gasteiger partial charge in [0.2, 0.25) is 0 Å². The normalized spacial score (nSPS) is 17.0. The van der Waals surface area contributed by atoms with Crippen molar-refractivity contribution in [3.05, 3.63) is 59.7 Å². The first-order chi connectivity index (χ1) is 13.1. The van der Waals surface area contributed by atoms with Crippen molar-refractivity contribution in [2.24, 2.45) is 0 Å². The lowest BCUT2D eigenvalue weighted by Crippen LogP contribution is -2.35. The minimum Gasteiger partial charge on any atom is -0.493 e. The standard InChI is InChI=1S/C21H23NO5/c1-25-19-9-8-15(12-20(19)26-2)16(10-14-6-4-3-5-7-14)11-18(23)17-13-27-21(24)22-17/h3-9,12,16-17H,10-11,13H2,1-2H3,(H,22,24)/t16?,17-/m0/s1. The number of carbonyl (C=O) groups is 2. The van der Waals surface area contributed by atoms with Crippen LogP contribution in [0, 0.1) is 0 Å². The molecule has 0 radical (unpaired) electrons. The molecule has 1 amide bonds. The van der Waals surface area contributed by atoms with Gasteiger partial charge < -0.3 is 19.5 Å². The monoisotopic (exact) mass is 369 g/mol. The Kier molecular flexibility index (Phi) is 5.96. The first kappa shape index (κ1) is 18.8. The van der Waals surface area contributed by atoms with E-state index in [1.54, 1.807) is 14.2 Å². The van der Waals surface area contributed by atoms with Crippen molar-refractivity contribution in [2.75, 3.05) is 20.8 Å². The highest BCUT2D eigenvalue weighted by Crippen LogP contribution is 2.33. The van der Waals surface area contributed by atoms with Gasteiger partial charge in [-0.1, -0.05) is 36.4 Å². The van der Waals surface area contributed by atoms with Crippen molar-refractivity contribution in [3.63, 3.8) is 0 Å². The number of rotatable bonds is 8. The highest BCUT2D eigenvalue weighted by molar-refractivity contribution is 5.90. The maximum atomic E-state index is 12.7. The first-order valence-electron chi connectivity index (χ1n) is 8.82. The van der Waals surface area contributed by atoms with Gasteiger partial charge in [0.05, 0.1) is 14.2 Å². The number of hydrogen-bond acceptors (Lipinski definition) is 5. The molecule has 1 fully saturated rings. The van der Waals surface area contributed by atoms with Crippen molar-refractivity contribution < 1.29 is 23.8 Å². The van der Waals surface area contributed by atoms with E-state index < -0.39 is 12.1 Å². The van der Waals surface area contributed by atoms with E-state index >= 15 is 0 Å². The zero-order chi connectivity index (χ0) is 19.2. The summed E-state index contributed by atoms with van der Waals surface area (Å²) in [5.41, 5.74) is 2.12. The minimum atomic E-state index is -0.587. The second-order valence-corrected chi connectivity index (χ2v) is 6.47. The van der Waals surface area contributed by atoms with E-state index in [9.17, 15) is 9.59 Å². The number of ketones is 1. The van der Waals surface area contributed by atoms with Gasteiger partial charge in [0.15, 0.2) is 17.3 Å². The van der Waals surface area contributed by atoms with E-state index in [2.05, 4.69) is 5.32 Å². The van der Waals surface area contributed by atoms with Crippen LogP contribution in [-0.4, -0.2) is 38.7 Å². The summed E-state index contributed by atoms with van der Waals surface area (Å²) in [6.07, 6.45) is 0.446. The highest BCUT2D eigenvalue weighted by atomic mass is 16.6. The van der Waals surface area contributed by atoms with Gasteiger partial charge in [-0.15, -0.1) is 0 Å². The molecule has 2 aromatic carbocycles. The van der Waals surface area contributed by atoms with Crippen LogP contribution in [0.3, 0.4) is 0 Å². The second-order valence-electron chi connectivity index (χ2n) is 6.47. The molecule has 2 aromatic rings. The lowest BCUT2D eigenvalue weighted by Gasteiger charge is -2.20. The number of Topliss-reactive ketones (excluding diaryl/α,β-unsaturated/α-hetero) is 1. The summed E-state index contributed by atoms with van der Waals surface area (Å²) in [6.45, 7) is 0.0850. The molecule has 142 valence electrons. The van der Waals surface area contributed by atoms with Crippen LogP contribution in [0.4, 0.5) is 4.79 Å². The molecule has 2 atom stereocenters. The number of hydrogen-bond donors (Lipinski definition) is 1. The van der Waals surface area contributed by atoms with Crippen LogP contribution in [0.25, 0.3) is 0 Å². The SMILES string of the molecule is COc1ccc(C(CC(=O)[C@@H]2COC(=O)N2)Cc2ccccc2)cc1OC. The van der Waals surface area contributed by atoms with Crippen molar-refractivity contribution in [3.8, 4) is 11.5 Å². The Balaban J connectivity index is 1.85. The largest absolute Gasteiger partial charge is 0.493 e. The van der Waals surface area contributed by atoms with E-state index in [1.165, 1.54) is 0 Å². The van der Waals surface area contributed by atoms with Gasteiger partial charge in [-0.2, -0.15) is 0 Å². The van der Waals surface area contributed by atoms with Crippen LogP contribution >= 0.6 is 0 Å². The average Bonchev–Trinajstić information content (AvgIpc) is 3.14. The molecule has 1 N–H and O–H groups in total. The zero-order valence-corrected chi connectivity index (χ0v) is 15.4. The summed E-state index contributed by atoms with van der Waals surface area (Å²) in [4.78, 5) is 23.9. The van der Waals surface area contributed by atoms with Gasteiger partial charge in [0, 0.05) is 6.42 Å². The Hall–Kier alpha value is -3.02. The Morgan fingerprint density at radius 1 is 1.15 bits per heavy atom. The first-order valence-corrected chi connectivity index (χ1v) is 8.82. The molecule has 1 saturated heterocycles. The third kappa shape index (κ3) is 4.58. The maximum absolute atomic E-state index is 12.7. The molecular weight excluding hydrogens is 346 g/mol. The number of methoxy groups -OCH3 is 2. The van der Waals surface area contributed by atoms with Crippen LogP contribution in [0.2, 0.25) is 0 Å². The van der Waals surface area contributed by atoms with E-state index in [0.29, 0.717) is 24.3 Å². The summed E-state index contributed by atoms with van der Waals surface area (Å²) in [6, 6.07) is 15.1. The molecule has 1 aliphatic heterocycles. The third-order valence-corrected chi connectivity index (χ3v) is 4.71. The predicted octanol–water partition coefficient (Wildman–Crippen LogP) is 3.10. The number of amides is 1. The van der Waals surface area contributed by atoms with Crippen molar-refractivity contribution in [2.45, 2.75) is 24.8 Å². The van der Waals surface area contributed by atoms with Crippen LogP contribution in [0.5, 0.6) is 11.5 Å². The van der Waals surface area contributed by atoms with E-state index in [-0.39, 0.29) is 18.3 Å². The van der Waals surface area contributed by atoms with Gasteiger partial charge in [-0.05, 0) is 35.6 Å². The number of carbonyl (C=O) groups excluding carboxylic acids is 2. The van der Waals surface area contributed by atoms with Crippen LogP contribution in [0.15, 0.2) is 48.5 Å². The summed E-state index contributed by atoms with van der Waals surface area (Å²) in [5, 5.41) is 2.56. The molecule has 0 spiro atoms. The van der Waals surface area contributed by atoms with E-state index in [1.807, 2.05) is 48.5 Å². The fourth-order valence-electron chi connectivity index (χ4n) is 3.26. The summed E-state index contributed by atoms with van der Waals surface area (Å²) >= 11 is 0. The van der Waals surface area contributed by atoms with Crippen LogP contribution in [-0.2, 0) is 16.0 Å². The predicted molar refractivity (Wildman–Crippen MR) is 100 cm³/mol. The Labute approximate surface area is 158 Å². The Morgan fingerprint density at radius 3 is 2.52 bits per heavy atom. The molecule has 0 bridgehead atoms. The zero-order valence-electron chi connectivity index (χ0n) is 15.4. The molecule has 0 aliphatic carbocycles. The topological polar surface area (TPSA) is 73.9 Å². The molecular formula is C21H23NO5. The lowest BCUT2D eigenvalue weighted by atomic mass is 9.86. The molecule has 6 nitrogen and oxygen atoms in total. The maximum Gasteiger partial charge on any atom is 0.407 e. The van der Waals surface area contributed by atoms with Gasteiger partial charge in [-0.3, -0.25) is 4.79 Å². The smallest absolute Gasteiger partial charge is 0.407 e. The molecule has 1 unspecified atom stereocenters. The van der Waals surface area contributed by atoms with Gasteiger partial charge >= 0.3 is 6.09 Å². The number of cyclic esters (lactones) is 1. The molecule has 0 saturated carbocycles. The lowest BCUT2D eigenvalue weighted by molar-refractivity contribution is -0.121. The summed E-state index contributed by atoms with van der Waals surface area (Å²) in [5.74, 6) is 1.16. The number of ether oxygens (including phenoxy) is 3. The van der Waals surface area contributed by atoms with Gasteiger partial charge in [-0.25, -0.2) is 4.79 Å². The summed E-state index contributed by atoms with van der Waals surface area (Å²) in [7, 11) is 3.18. The molecule has 0 aromatic heterocycles. The van der Waals surface area contributed by atoms with E-state index in [4.69, 9.17) is 14.2 Å². The molecule has 3 rings (SSSR count). The summed E-state index contributed by atoms with van der Waals surface area (Å²) < 4.78 is 15.6. The Bertz CT molecular complexity index is 805. The third-order valence-electron chi connectivity index (χ3n) is 4.71. The van der Waals surface area contributed by atoms with E-state index in [0.717, 1.165) is 11.1 Å². The molecule has 1 aliphatic rings. The van der Waals surface area contributed by atoms with Crippen LogP contribution < -0.4 is 14.8 Å². The average molecular weight is 369 g/mol. The van der Waals surface area contributed by atoms with Crippen molar-refractivity contribution >= 4 is 11.9 Å². The number of alkyl carbamates (subject to hydrolysis) is 1. The van der Waals surface area contributed by atoms with Gasteiger partial charge in [0.25, 0.3) is 0 Å². The Morgan fingerprint density at radius 2 is 1.89 bits per heavy atom.